The van der Waals surface area contributed by atoms with Gasteiger partial charge in [-0.2, -0.15) is 10.2 Å². The van der Waals surface area contributed by atoms with Gasteiger partial charge in [0.15, 0.2) is 8.96 Å². The number of nitrogens with one attached hydrogen (secondary N) is 2. The third-order valence-corrected chi connectivity index (χ3v) is 3.44. The van der Waals surface area contributed by atoms with Crippen LogP contribution in [0.25, 0.3) is 22.0 Å². The summed E-state index contributed by atoms with van der Waals surface area (Å²) in [5.74, 6) is 0. The molecule has 0 atom stereocenters. The van der Waals surface area contributed by atoms with Gasteiger partial charge in [0.2, 0.25) is 0 Å². The van der Waals surface area contributed by atoms with Crippen molar-refractivity contribution in [3.63, 3.8) is 0 Å². The largest absolute Gasteiger partial charge is 0.275 e. The average Bonchev–Trinajstić information content (AvgIpc) is 2.98. The minimum atomic E-state index is 0.663. The van der Waals surface area contributed by atoms with Crippen molar-refractivity contribution in [3.8, 4) is 22.0 Å². The molecule has 2 heterocycles. The first-order valence-corrected chi connectivity index (χ1v) is 6.22. The van der Waals surface area contributed by atoms with Gasteiger partial charge >= 0.3 is 0 Å². The highest BCUT2D eigenvalue weighted by molar-refractivity contribution is 7.73. The Kier molecular flexibility index (Phi) is 2.58. The molecule has 0 radical (unpaired) electrons. The molecule has 3 aromatic rings. The maximum absolute atomic E-state index is 5.00. The zero-order chi connectivity index (χ0) is 11.7. The Morgan fingerprint density at radius 1 is 1.06 bits per heavy atom. The van der Waals surface area contributed by atoms with Crippen LogP contribution in [0.1, 0.15) is 0 Å². The quantitative estimate of drug-likeness (QED) is 0.695. The van der Waals surface area contributed by atoms with E-state index in [4.69, 9.17) is 12.2 Å². The number of hydrogen-bond acceptors (Lipinski definition) is 4. The molecule has 0 aliphatic carbocycles. The van der Waals surface area contributed by atoms with Crippen molar-refractivity contribution in [3.05, 3.63) is 40.4 Å². The van der Waals surface area contributed by atoms with Crippen LogP contribution in [0.5, 0.6) is 0 Å². The van der Waals surface area contributed by atoms with Crippen LogP contribution in [0.4, 0.5) is 0 Å². The topological polar surface area (TPSA) is 57.4 Å². The van der Waals surface area contributed by atoms with E-state index in [0.29, 0.717) is 3.95 Å². The molecule has 0 saturated heterocycles. The van der Waals surface area contributed by atoms with Gasteiger partial charge in [-0.1, -0.05) is 41.7 Å². The van der Waals surface area contributed by atoms with Crippen molar-refractivity contribution < 1.29 is 0 Å². The molecular weight excluding hydrogens is 252 g/mol. The molecule has 0 aliphatic heterocycles. The minimum absolute atomic E-state index is 0.663. The fourth-order valence-corrected chi connectivity index (χ4v) is 2.39. The van der Waals surface area contributed by atoms with Crippen LogP contribution in [-0.2, 0) is 0 Å². The predicted molar refractivity (Wildman–Crippen MR) is 70.3 cm³/mol. The van der Waals surface area contributed by atoms with Crippen molar-refractivity contribution in [1.82, 2.24) is 20.4 Å². The summed E-state index contributed by atoms with van der Waals surface area (Å²) >= 11 is 6.43. The maximum Gasteiger partial charge on any atom is 0.176 e. The van der Waals surface area contributed by atoms with E-state index in [1.54, 1.807) is 0 Å². The number of aromatic nitrogens is 4. The molecule has 1 aromatic carbocycles. The molecule has 0 saturated carbocycles. The number of aromatic amines is 2. The molecule has 0 aliphatic rings. The molecule has 17 heavy (non-hydrogen) atoms. The van der Waals surface area contributed by atoms with E-state index in [2.05, 4.69) is 20.4 Å². The van der Waals surface area contributed by atoms with Crippen LogP contribution in [0.2, 0.25) is 0 Å². The summed E-state index contributed by atoms with van der Waals surface area (Å²) in [6.07, 6.45) is 0. The van der Waals surface area contributed by atoms with Crippen molar-refractivity contribution in [2.24, 2.45) is 0 Å². The second-order valence-electron chi connectivity index (χ2n) is 3.45. The number of rotatable bonds is 2. The molecule has 0 bridgehead atoms. The third-order valence-electron chi connectivity index (χ3n) is 2.32. The zero-order valence-electron chi connectivity index (χ0n) is 8.68. The predicted octanol–water partition coefficient (Wildman–Crippen LogP) is 3.26. The molecular formula is C11H8N4S2. The number of hydrogen-bond donors (Lipinski definition) is 2. The van der Waals surface area contributed by atoms with Gasteiger partial charge in [-0.3, -0.25) is 10.2 Å². The molecule has 0 fully saturated rings. The van der Waals surface area contributed by atoms with Crippen LogP contribution in [0.15, 0.2) is 36.4 Å². The Bertz CT molecular complexity index is 681. The first-order valence-electron chi connectivity index (χ1n) is 4.99. The normalized spacial score (nSPS) is 10.6. The van der Waals surface area contributed by atoms with Crippen LogP contribution >= 0.6 is 23.6 Å². The fraction of sp³-hybridized carbons (Fsp3) is 0. The second-order valence-corrected chi connectivity index (χ2v) is 5.12. The lowest BCUT2D eigenvalue weighted by molar-refractivity contribution is 1.05. The highest BCUT2D eigenvalue weighted by Crippen LogP contribution is 2.24. The van der Waals surface area contributed by atoms with Crippen molar-refractivity contribution in [2.75, 3.05) is 0 Å². The van der Waals surface area contributed by atoms with E-state index < -0.39 is 0 Å². The first kappa shape index (κ1) is 10.4. The number of nitrogens with zero attached hydrogens (tertiary/aromatic N) is 2. The SMILES string of the molecule is S=c1[nH]nc(-c2cc(-c3ccccc3)n[nH]2)s1. The lowest BCUT2D eigenvalue weighted by Crippen LogP contribution is -1.76. The van der Waals surface area contributed by atoms with Crippen LogP contribution in [-0.4, -0.2) is 20.4 Å². The molecule has 3 rings (SSSR count). The van der Waals surface area contributed by atoms with E-state index in [-0.39, 0.29) is 0 Å². The van der Waals surface area contributed by atoms with Gasteiger partial charge in [-0.15, -0.1) is 0 Å². The summed E-state index contributed by atoms with van der Waals surface area (Å²) in [6.45, 7) is 0. The second kappa shape index (κ2) is 4.23. The van der Waals surface area contributed by atoms with Gasteiger partial charge < -0.3 is 0 Å². The van der Waals surface area contributed by atoms with E-state index in [0.717, 1.165) is 22.0 Å². The van der Waals surface area contributed by atoms with Crippen molar-refractivity contribution in [1.29, 1.82) is 0 Å². The lowest BCUT2D eigenvalue weighted by Gasteiger charge is -1.92. The monoisotopic (exact) mass is 260 g/mol. The molecule has 84 valence electrons. The highest BCUT2D eigenvalue weighted by atomic mass is 32.1. The lowest BCUT2D eigenvalue weighted by atomic mass is 10.1. The Hall–Kier alpha value is -1.79. The summed E-state index contributed by atoms with van der Waals surface area (Å²) in [6, 6.07) is 12.0. The smallest absolute Gasteiger partial charge is 0.176 e. The standard InChI is InChI=1S/C11H8N4S2/c16-11-15-14-10(17-11)9-6-8(12-13-9)7-4-2-1-3-5-7/h1-6H,(H,12,13)(H,15,16). The zero-order valence-corrected chi connectivity index (χ0v) is 10.3. The molecule has 2 N–H and O–H groups in total. The van der Waals surface area contributed by atoms with Crippen molar-refractivity contribution >= 4 is 23.6 Å². The Labute approximate surface area is 106 Å². The summed E-state index contributed by atoms with van der Waals surface area (Å²) in [5.41, 5.74) is 2.86. The summed E-state index contributed by atoms with van der Waals surface area (Å²) in [4.78, 5) is 0. The molecule has 0 spiro atoms. The van der Waals surface area contributed by atoms with Crippen LogP contribution < -0.4 is 0 Å². The van der Waals surface area contributed by atoms with Gasteiger partial charge in [0, 0.05) is 5.56 Å². The Morgan fingerprint density at radius 2 is 1.88 bits per heavy atom. The third kappa shape index (κ3) is 2.04. The molecule has 0 unspecified atom stereocenters. The molecule has 6 heteroatoms. The summed E-state index contributed by atoms with van der Waals surface area (Å²) in [5, 5.41) is 14.9. The van der Waals surface area contributed by atoms with Crippen molar-refractivity contribution in [2.45, 2.75) is 0 Å². The summed E-state index contributed by atoms with van der Waals surface area (Å²) < 4.78 is 0.663. The highest BCUT2D eigenvalue weighted by Gasteiger charge is 2.07. The Balaban J connectivity index is 2.01. The first-order chi connectivity index (χ1) is 8.33. The fourth-order valence-electron chi connectivity index (χ4n) is 1.53. The molecule has 0 amide bonds. The van der Waals surface area contributed by atoms with E-state index in [1.165, 1.54) is 11.3 Å². The van der Waals surface area contributed by atoms with Gasteiger partial charge in [0.25, 0.3) is 0 Å². The molecule has 4 nitrogen and oxygen atoms in total. The minimum Gasteiger partial charge on any atom is -0.275 e. The van der Waals surface area contributed by atoms with Gasteiger partial charge in [0.1, 0.15) is 0 Å². The van der Waals surface area contributed by atoms with E-state index >= 15 is 0 Å². The van der Waals surface area contributed by atoms with Gasteiger partial charge in [0.05, 0.1) is 11.4 Å². The van der Waals surface area contributed by atoms with Gasteiger partial charge in [-0.25, -0.2) is 0 Å². The summed E-state index contributed by atoms with van der Waals surface area (Å²) in [7, 11) is 0. The number of benzene rings is 1. The molecule has 2 aromatic heterocycles. The van der Waals surface area contributed by atoms with E-state index in [9.17, 15) is 0 Å². The Morgan fingerprint density at radius 3 is 2.59 bits per heavy atom. The average molecular weight is 260 g/mol. The van der Waals surface area contributed by atoms with Crippen LogP contribution in [0, 0.1) is 3.95 Å². The van der Waals surface area contributed by atoms with Gasteiger partial charge in [-0.05, 0) is 18.3 Å². The number of H-pyrrole nitrogens is 2. The van der Waals surface area contributed by atoms with E-state index in [1.807, 2.05) is 36.4 Å². The van der Waals surface area contributed by atoms with Crippen LogP contribution in [0.3, 0.4) is 0 Å². The maximum atomic E-state index is 5.00.